The molecule has 0 aliphatic heterocycles. The zero-order valence-electron chi connectivity index (χ0n) is 12.0. The van der Waals surface area contributed by atoms with Crippen LogP contribution in [-0.4, -0.2) is 20.9 Å². The van der Waals surface area contributed by atoms with Crippen LogP contribution in [0.1, 0.15) is 35.5 Å². The van der Waals surface area contributed by atoms with Crippen molar-refractivity contribution in [1.82, 2.24) is 9.78 Å². The van der Waals surface area contributed by atoms with E-state index in [0.29, 0.717) is 23.4 Å². The van der Waals surface area contributed by atoms with Crippen molar-refractivity contribution in [3.63, 3.8) is 0 Å². The van der Waals surface area contributed by atoms with Crippen LogP contribution < -0.4 is 0 Å². The van der Waals surface area contributed by atoms with Crippen molar-refractivity contribution in [2.75, 3.05) is 0 Å². The Morgan fingerprint density at radius 3 is 2.67 bits per heavy atom. The van der Waals surface area contributed by atoms with E-state index in [1.54, 1.807) is 6.92 Å². The average molecular weight is 311 g/mol. The molecule has 0 aliphatic rings. The second-order valence-corrected chi connectivity index (χ2v) is 5.72. The minimum atomic E-state index is -1.11. The standard InChI is InChI=1S/C15H16ClFN2O2/c1-8(2)6-11-13(15(20)21)14(16)19(18-11)12-5-4-10(17)7-9(12)3/h4-5,7-8H,6H2,1-3H3,(H,20,21). The molecule has 4 nitrogen and oxygen atoms in total. The normalized spacial score (nSPS) is 11.1. The molecule has 0 amide bonds. The van der Waals surface area contributed by atoms with Gasteiger partial charge >= 0.3 is 5.97 Å². The lowest BCUT2D eigenvalue weighted by Gasteiger charge is -2.07. The highest BCUT2D eigenvalue weighted by Crippen LogP contribution is 2.27. The first-order valence-electron chi connectivity index (χ1n) is 6.58. The molecule has 1 aromatic carbocycles. The van der Waals surface area contributed by atoms with Gasteiger partial charge in [0, 0.05) is 0 Å². The first-order valence-corrected chi connectivity index (χ1v) is 6.96. The molecule has 21 heavy (non-hydrogen) atoms. The largest absolute Gasteiger partial charge is 0.478 e. The number of nitrogens with zero attached hydrogens (tertiary/aromatic N) is 2. The van der Waals surface area contributed by atoms with Crippen LogP contribution in [-0.2, 0) is 6.42 Å². The van der Waals surface area contributed by atoms with Crippen molar-refractivity contribution >= 4 is 17.6 Å². The van der Waals surface area contributed by atoms with E-state index in [0.717, 1.165) is 0 Å². The SMILES string of the molecule is Cc1cc(F)ccc1-n1nc(CC(C)C)c(C(=O)O)c1Cl. The maximum absolute atomic E-state index is 13.2. The number of carbonyl (C=O) groups is 1. The van der Waals surface area contributed by atoms with Gasteiger partial charge in [-0.05, 0) is 43.0 Å². The molecule has 0 saturated heterocycles. The molecule has 1 aromatic heterocycles. The predicted octanol–water partition coefficient (Wildman–Crippen LogP) is 3.87. The van der Waals surface area contributed by atoms with Crippen molar-refractivity contribution in [2.45, 2.75) is 27.2 Å². The quantitative estimate of drug-likeness (QED) is 0.932. The smallest absolute Gasteiger partial charge is 0.340 e. The van der Waals surface area contributed by atoms with Crippen LogP contribution in [0.5, 0.6) is 0 Å². The second kappa shape index (κ2) is 5.85. The number of carboxylic acids is 1. The van der Waals surface area contributed by atoms with Crippen LogP contribution >= 0.6 is 11.6 Å². The number of aryl methyl sites for hydroxylation is 1. The highest BCUT2D eigenvalue weighted by atomic mass is 35.5. The third-order valence-corrected chi connectivity index (χ3v) is 3.45. The van der Waals surface area contributed by atoms with Gasteiger partial charge in [-0.2, -0.15) is 5.10 Å². The van der Waals surface area contributed by atoms with Crippen LogP contribution in [0.3, 0.4) is 0 Å². The van der Waals surface area contributed by atoms with Gasteiger partial charge in [-0.3, -0.25) is 0 Å². The molecule has 1 heterocycles. The Bertz CT molecular complexity index is 695. The van der Waals surface area contributed by atoms with E-state index in [4.69, 9.17) is 11.6 Å². The van der Waals surface area contributed by atoms with Crippen LogP contribution in [0.2, 0.25) is 5.15 Å². The van der Waals surface area contributed by atoms with E-state index in [2.05, 4.69) is 5.10 Å². The Morgan fingerprint density at radius 2 is 2.14 bits per heavy atom. The third-order valence-electron chi connectivity index (χ3n) is 3.10. The molecule has 0 saturated carbocycles. The minimum Gasteiger partial charge on any atom is -0.478 e. The zero-order valence-corrected chi connectivity index (χ0v) is 12.8. The molecular weight excluding hydrogens is 295 g/mol. The summed E-state index contributed by atoms with van der Waals surface area (Å²) in [6.07, 6.45) is 0.509. The van der Waals surface area contributed by atoms with Crippen molar-refractivity contribution in [2.24, 2.45) is 5.92 Å². The first-order chi connectivity index (χ1) is 9.81. The molecule has 2 rings (SSSR count). The van der Waals surface area contributed by atoms with Crippen LogP contribution in [0.4, 0.5) is 4.39 Å². The Labute approximate surface area is 127 Å². The van der Waals surface area contributed by atoms with E-state index >= 15 is 0 Å². The summed E-state index contributed by atoms with van der Waals surface area (Å²) >= 11 is 6.18. The van der Waals surface area contributed by atoms with Gasteiger partial charge in [0.2, 0.25) is 0 Å². The van der Waals surface area contributed by atoms with Gasteiger partial charge in [0.25, 0.3) is 0 Å². The summed E-state index contributed by atoms with van der Waals surface area (Å²) in [5, 5.41) is 13.7. The fraction of sp³-hybridized carbons (Fsp3) is 0.333. The highest BCUT2D eigenvalue weighted by molar-refractivity contribution is 6.33. The molecule has 0 atom stereocenters. The highest BCUT2D eigenvalue weighted by Gasteiger charge is 2.24. The lowest BCUT2D eigenvalue weighted by molar-refractivity contribution is 0.0695. The van der Waals surface area contributed by atoms with Gasteiger partial charge in [0.1, 0.15) is 16.5 Å². The number of benzene rings is 1. The maximum atomic E-state index is 13.2. The van der Waals surface area contributed by atoms with Gasteiger partial charge in [-0.25, -0.2) is 13.9 Å². The summed E-state index contributed by atoms with van der Waals surface area (Å²) in [5.41, 5.74) is 1.65. The van der Waals surface area contributed by atoms with Gasteiger partial charge in [-0.15, -0.1) is 0 Å². The summed E-state index contributed by atoms with van der Waals surface area (Å²) in [7, 11) is 0. The topological polar surface area (TPSA) is 55.1 Å². The van der Waals surface area contributed by atoms with E-state index in [9.17, 15) is 14.3 Å². The van der Waals surface area contributed by atoms with Crippen molar-refractivity contribution in [3.8, 4) is 5.69 Å². The summed E-state index contributed by atoms with van der Waals surface area (Å²) in [4.78, 5) is 11.4. The van der Waals surface area contributed by atoms with Crippen LogP contribution in [0.25, 0.3) is 5.69 Å². The molecule has 2 aromatic rings. The van der Waals surface area contributed by atoms with E-state index in [-0.39, 0.29) is 22.5 Å². The van der Waals surface area contributed by atoms with Crippen molar-refractivity contribution < 1.29 is 14.3 Å². The Kier molecular flexibility index (Phi) is 4.32. The number of aromatic carboxylic acids is 1. The summed E-state index contributed by atoms with van der Waals surface area (Å²) in [5.74, 6) is -1.22. The Hall–Kier alpha value is -1.88. The molecular formula is C15H16ClFN2O2. The summed E-state index contributed by atoms with van der Waals surface area (Å²) < 4.78 is 14.6. The van der Waals surface area contributed by atoms with Crippen LogP contribution in [0, 0.1) is 18.7 Å². The fourth-order valence-electron chi connectivity index (χ4n) is 2.20. The van der Waals surface area contributed by atoms with Gasteiger partial charge < -0.3 is 5.11 Å². The molecule has 112 valence electrons. The number of halogens is 2. The maximum Gasteiger partial charge on any atom is 0.340 e. The number of carboxylic acid groups (broad SMARTS) is 1. The number of hydrogen-bond donors (Lipinski definition) is 1. The number of rotatable bonds is 4. The molecule has 0 bridgehead atoms. The predicted molar refractivity (Wildman–Crippen MR) is 78.8 cm³/mol. The molecule has 0 radical (unpaired) electrons. The van der Waals surface area contributed by atoms with E-state index < -0.39 is 5.97 Å². The molecule has 0 aliphatic carbocycles. The Balaban J connectivity index is 2.62. The summed E-state index contributed by atoms with van der Waals surface area (Å²) in [6, 6.07) is 4.19. The molecule has 1 N–H and O–H groups in total. The zero-order chi connectivity index (χ0) is 15.7. The lowest BCUT2D eigenvalue weighted by Crippen LogP contribution is -2.03. The first kappa shape index (κ1) is 15.5. The van der Waals surface area contributed by atoms with Gasteiger partial charge in [0.15, 0.2) is 0 Å². The van der Waals surface area contributed by atoms with Gasteiger partial charge in [0.05, 0.1) is 11.4 Å². The Morgan fingerprint density at radius 1 is 1.48 bits per heavy atom. The monoisotopic (exact) mass is 310 g/mol. The molecule has 0 spiro atoms. The van der Waals surface area contributed by atoms with Crippen LogP contribution in [0.15, 0.2) is 18.2 Å². The van der Waals surface area contributed by atoms with E-state index in [1.165, 1.54) is 22.9 Å². The third kappa shape index (κ3) is 3.08. The number of aromatic nitrogens is 2. The second-order valence-electron chi connectivity index (χ2n) is 5.36. The summed E-state index contributed by atoms with van der Waals surface area (Å²) in [6.45, 7) is 5.67. The number of hydrogen-bond acceptors (Lipinski definition) is 2. The fourth-order valence-corrected chi connectivity index (χ4v) is 2.52. The molecule has 6 heteroatoms. The molecule has 0 fully saturated rings. The van der Waals surface area contributed by atoms with Crippen molar-refractivity contribution in [1.29, 1.82) is 0 Å². The van der Waals surface area contributed by atoms with Crippen molar-refractivity contribution in [3.05, 3.63) is 46.0 Å². The minimum absolute atomic E-state index is 0.00842. The van der Waals surface area contributed by atoms with Gasteiger partial charge in [-0.1, -0.05) is 25.4 Å². The molecule has 0 unspecified atom stereocenters. The lowest BCUT2D eigenvalue weighted by atomic mass is 10.1. The van der Waals surface area contributed by atoms with E-state index in [1.807, 2.05) is 13.8 Å². The average Bonchev–Trinajstić information content (AvgIpc) is 2.65.